The zero-order chi connectivity index (χ0) is 14.4. The Balaban J connectivity index is 1.82. The summed E-state index contributed by atoms with van der Waals surface area (Å²) >= 11 is 0. The monoisotopic (exact) mass is 277 g/mol. The minimum Gasteiger partial charge on any atom is -0.302 e. The Hall–Kier alpha value is -0.590. The van der Waals surface area contributed by atoms with Gasteiger partial charge in [-0.3, -0.25) is 0 Å². The molecule has 1 heterocycles. The highest BCUT2D eigenvalue weighted by Gasteiger charge is 2.33. The van der Waals surface area contributed by atoms with Crippen molar-refractivity contribution in [2.45, 2.75) is 76.3 Å². The Morgan fingerprint density at radius 1 is 1.25 bits per heavy atom. The molecule has 2 fully saturated rings. The van der Waals surface area contributed by atoms with Crippen molar-refractivity contribution in [3.8, 4) is 6.07 Å². The maximum Gasteiger partial charge on any atom is 0.106 e. The number of fused-ring (bicyclic) bond motifs is 1. The van der Waals surface area contributed by atoms with Crippen LogP contribution in [0.3, 0.4) is 0 Å². The first kappa shape index (κ1) is 15.8. The summed E-state index contributed by atoms with van der Waals surface area (Å²) in [4.78, 5) is 2.74. The number of nitriles is 1. The molecule has 3 heteroatoms. The highest BCUT2D eigenvalue weighted by atomic mass is 15.2. The van der Waals surface area contributed by atoms with Crippen LogP contribution in [0.25, 0.3) is 0 Å². The summed E-state index contributed by atoms with van der Waals surface area (Å²) in [6.45, 7) is 4.58. The molecule has 2 rings (SSSR count). The first-order chi connectivity index (χ1) is 9.74. The van der Waals surface area contributed by atoms with Gasteiger partial charge in [0.15, 0.2) is 0 Å². The highest BCUT2D eigenvalue weighted by Crippen LogP contribution is 2.35. The molecule has 0 aromatic rings. The maximum absolute atomic E-state index is 9.37. The van der Waals surface area contributed by atoms with Crippen LogP contribution in [0, 0.1) is 17.2 Å². The van der Waals surface area contributed by atoms with Gasteiger partial charge in [-0.1, -0.05) is 19.8 Å². The van der Waals surface area contributed by atoms with Crippen molar-refractivity contribution in [1.29, 1.82) is 5.26 Å². The summed E-state index contributed by atoms with van der Waals surface area (Å²) in [5, 5.41) is 12.6. The Kier molecular flexibility index (Phi) is 5.86. The second-order valence-corrected chi connectivity index (χ2v) is 6.69. The van der Waals surface area contributed by atoms with Crippen molar-refractivity contribution in [3.05, 3.63) is 0 Å². The maximum atomic E-state index is 9.37. The van der Waals surface area contributed by atoms with Gasteiger partial charge in [0.1, 0.15) is 5.54 Å². The molecular formula is C17H31N3. The summed E-state index contributed by atoms with van der Waals surface area (Å²) < 4.78 is 0. The van der Waals surface area contributed by atoms with E-state index in [2.05, 4.69) is 23.2 Å². The summed E-state index contributed by atoms with van der Waals surface area (Å²) in [6, 6.07) is 3.33. The van der Waals surface area contributed by atoms with E-state index in [0.29, 0.717) is 0 Å². The molecule has 114 valence electrons. The number of piperidine rings is 1. The molecule has 1 unspecified atom stereocenters. The van der Waals surface area contributed by atoms with Crippen LogP contribution in [0.15, 0.2) is 0 Å². The predicted molar refractivity (Wildman–Crippen MR) is 83.5 cm³/mol. The lowest BCUT2D eigenvalue weighted by Crippen LogP contribution is -2.48. The molecular weight excluding hydrogens is 246 g/mol. The molecule has 1 N–H and O–H groups in total. The molecule has 20 heavy (non-hydrogen) atoms. The molecule has 0 amide bonds. The number of hydrogen-bond acceptors (Lipinski definition) is 3. The largest absolute Gasteiger partial charge is 0.302 e. The molecule has 3 nitrogen and oxygen atoms in total. The molecule has 0 radical (unpaired) electrons. The molecule has 0 aromatic heterocycles. The van der Waals surface area contributed by atoms with Crippen LogP contribution in [-0.2, 0) is 0 Å². The van der Waals surface area contributed by atoms with E-state index in [1.807, 2.05) is 7.05 Å². The van der Waals surface area contributed by atoms with Gasteiger partial charge in [0.05, 0.1) is 6.07 Å². The Bertz CT molecular complexity index is 328. The second kappa shape index (κ2) is 7.43. The van der Waals surface area contributed by atoms with E-state index in [9.17, 15) is 5.26 Å². The van der Waals surface area contributed by atoms with Crippen LogP contribution in [0.1, 0.15) is 64.7 Å². The lowest BCUT2D eigenvalue weighted by Gasteiger charge is -2.44. The van der Waals surface area contributed by atoms with Crippen molar-refractivity contribution in [1.82, 2.24) is 10.2 Å². The summed E-state index contributed by atoms with van der Waals surface area (Å²) in [5.41, 5.74) is -0.304. The van der Waals surface area contributed by atoms with Crippen LogP contribution in [0.2, 0.25) is 0 Å². The zero-order valence-corrected chi connectivity index (χ0v) is 13.3. The van der Waals surface area contributed by atoms with E-state index in [1.54, 1.807) is 0 Å². The number of nitrogens with one attached hydrogen (secondary N) is 1. The van der Waals surface area contributed by atoms with E-state index < -0.39 is 0 Å². The quantitative estimate of drug-likeness (QED) is 0.809. The third-order valence-electron chi connectivity index (χ3n) is 5.70. The molecule has 1 aliphatic carbocycles. The Morgan fingerprint density at radius 2 is 2.00 bits per heavy atom. The van der Waals surface area contributed by atoms with Crippen LogP contribution < -0.4 is 5.32 Å². The predicted octanol–water partition coefficient (Wildman–Crippen LogP) is 3.31. The van der Waals surface area contributed by atoms with Crippen LogP contribution in [0.4, 0.5) is 0 Å². The summed E-state index contributed by atoms with van der Waals surface area (Å²) in [7, 11) is 1.92. The van der Waals surface area contributed by atoms with Gasteiger partial charge in [-0.05, 0) is 71.0 Å². The van der Waals surface area contributed by atoms with Gasteiger partial charge in [-0.15, -0.1) is 0 Å². The van der Waals surface area contributed by atoms with E-state index in [0.717, 1.165) is 31.2 Å². The minimum atomic E-state index is -0.304. The van der Waals surface area contributed by atoms with Gasteiger partial charge in [0.25, 0.3) is 0 Å². The summed E-state index contributed by atoms with van der Waals surface area (Å²) in [6.07, 6.45) is 11.6. The molecule has 0 spiro atoms. The highest BCUT2D eigenvalue weighted by molar-refractivity contribution is 5.05. The molecule has 2 aliphatic rings. The van der Waals surface area contributed by atoms with Crippen LogP contribution >= 0.6 is 0 Å². The first-order valence-corrected chi connectivity index (χ1v) is 8.59. The van der Waals surface area contributed by atoms with E-state index in [4.69, 9.17) is 0 Å². The van der Waals surface area contributed by atoms with Gasteiger partial charge in [0, 0.05) is 6.04 Å². The average molecular weight is 277 g/mol. The SMILES string of the molecule is CCC(C#N)(CCCN1CCC[C@H]2CCCC[C@H]21)NC. The number of nitrogens with zero attached hydrogens (tertiary/aromatic N) is 2. The van der Waals surface area contributed by atoms with Gasteiger partial charge < -0.3 is 10.2 Å². The lowest BCUT2D eigenvalue weighted by molar-refractivity contribution is 0.0583. The van der Waals surface area contributed by atoms with Crippen molar-refractivity contribution in [2.24, 2.45) is 5.92 Å². The topological polar surface area (TPSA) is 39.1 Å². The molecule has 1 saturated carbocycles. The van der Waals surface area contributed by atoms with E-state index in [1.165, 1.54) is 51.6 Å². The van der Waals surface area contributed by atoms with Crippen molar-refractivity contribution in [3.63, 3.8) is 0 Å². The standard InChI is InChI=1S/C17H31N3/c1-3-17(14-18,19-2)11-7-13-20-12-6-9-15-8-4-5-10-16(15)20/h15-16,19H,3-13H2,1-2H3/t15-,16-,17?/m1/s1. The molecule has 1 saturated heterocycles. The number of hydrogen-bond donors (Lipinski definition) is 1. The smallest absolute Gasteiger partial charge is 0.106 e. The fourth-order valence-corrected chi connectivity index (χ4v) is 4.26. The van der Waals surface area contributed by atoms with Gasteiger partial charge in [0.2, 0.25) is 0 Å². The fourth-order valence-electron chi connectivity index (χ4n) is 4.26. The fraction of sp³-hybridized carbons (Fsp3) is 0.941. The Morgan fingerprint density at radius 3 is 2.70 bits per heavy atom. The minimum absolute atomic E-state index is 0.304. The van der Waals surface area contributed by atoms with Gasteiger partial charge >= 0.3 is 0 Å². The number of likely N-dealkylation sites (tertiary alicyclic amines) is 1. The molecule has 0 bridgehead atoms. The average Bonchev–Trinajstić information content (AvgIpc) is 2.52. The van der Waals surface area contributed by atoms with Gasteiger partial charge in [-0.25, -0.2) is 0 Å². The van der Waals surface area contributed by atoms with E-state index >= 15 is 0 Å². The first-order valence-electron chi connectivity index (χ1n) is 8.59. The summed E-state index contributed by atoms with van der Waals surface area (Å²) in [5.74, 6) is 0.966. The third kappa shape index (κ3) is 3.54. The van der Waals surface area contributed by atoms with Crippen LogP contribution in [-0.4, -0.2) is 36.6 Å². The molecule has 0 aromatic carbocycles. The van der Waals surface area contributed by atoms with Crippen molar-refractivity contribution < 1.29 is 0 Å². The Labute approximate surface area is 124 Å². The van der Waals surface area contributed by atoms with Crippen molar-refractivity contribution >= 4 is 0 Å². The number of rotatable bonds is 6. The van der Waals surface area contributed by atoms with Crippen LogP contribution in [0.5, 0.6) is 0 Å². The van der Waals surface area contributed by atoms with Crippen molar-refractivity contribution in [2.75, 3.05) is 20.1 Å². The zero-order valence-electron chi connectivity index (χ0n) is 13.3. The second-order valence-electron chi connectivity index (χ2n) is 6.69. The molecule has 1 aliphatic heterocycles. The lowest BCUT2D eigenvalue weighted by atomic mass is 9.78. The normalized spacial score (nSPS) is 30.2. The van der Waals surface area contributed by atoms with E-state index in [-0.39, 0.29) is 5.54 Å². The van der Waals surface area contributed by atoms with Gasteiger partial charge in [-0.2, -0.15) is 5.26 Å². The molecule has 3 atom stereocenters. The third-order valence-corrected chi connectivity index (χ3v) is 5.70.